The molecule has 2 heterocycles. The monoisotopic (exact) mass is 451 g/mol. The van der Waals surface area contributed by atoms with Crippen LogP contribution in [0, 0.1) is 0 Å². The highest BCUT2D eigenvalue weighted by Gasteiger charge is 2.20. The van der Waals surface area contributed by atoms with Crippen molar-refractivity contribution in [3.05, 3.63) is 77.6 Å². The fourth-order valence-corrected chi connectivity index (χ4v) is 4.36. The first-order valence-corrected chi connectivity index (χ1v) is 11.8. The van der Waals surface area contributed by atoms with Crippen molar-refractivity contribution in [2.24, 2.45) is 0 Å². The number of anilines is 1. The number of amides is 1. The molecule has 1 saturated heterocycles. The standard InChI is InChI=1S/C24H29N5O2S/c30-23(19-31-18-21-9-5-2-6-10-21)25-11-12-28-13-15-29(16-14-28)24-26-22(27-32-24)17-20-7-3-1-4-8-20/h1-10H,11-19H2,(H,25,30). The van der Waals surface area contributed by atoms with Gasteiger partial charge in [0, 0.05) is 57.2 Å². The molecular weight excluding hydrogens is 422 g/mol. The zero-order valence-corrected chi connectivity index (χ0v) is 19.0. The summed E-state index contributed by atoms with van der Waals surface area (Å²) in [5, 5.41) is 3.95. The van der Waals surface area contributed by atoms with Crippen molar-refractivity contribution in [1.82, 2.24) is 19.6 Å². The molecular formula is C24H29N5O2S. The first-order valence-electron chi connectivity index (χ1n) is 11.0. The number of hydrogen-bond donors (Lipinski definition) is 1. The molecule has 0 saturated carbocycles. The van der Waals surface area contributed by atoms with Gasteiger partial charge in [0.05, 0.1) is 6.61 Å². The fourth-order valence-electron chi connectivity index (χ4n) is 3.63. The van der Waals surface area contributed by atoms with Crippen LogP contribution in [0.4, 0.5) is 5.13 Å². The summed E-state index contributed by atoms with van der Waals surface area (Å²) >= 11 is 1.48. The molecule has 32 heavy (non-hydrogen) atoms. The second kappa shape index (κ2) is 11.7. The van der Waals surface area contributed by atoms with Crippen molar-refractivity contribution in [1.29, 1.82) is 0 Å². The molecule has 1 aliphatic heterocycles. The molecule has 1 aromatic heterocycles. The third-order valence-electron chi connectivity index (χ3n) is 5.40. The summed E-state index contributed by atoms with van der Waals surface area (Å²) < 4.78 is 10.0. The fraction of sp³-hybridized carbons (Fsp3) is 0.375. The lowest BCUT2D eigenvalue weighted by Crippen LogP contribution is -2.48. The summed E-state index contributed by atoms with van der Waals surface area (Å²) in [6.07, 6.45) is 0.770. The van der Waals surface area contributed by atoms with Crippen LogP contribution in [0.1, 0.15) is 17.0 Å². The Balaban J connectivity index is 1.11. The van der Waals surface area contributed by atoms with E-state index in [1.54, 1.807) is 0 Å². The van der Waals surface area contributed by atoms with E-state index in [1.165, 1.54) is 17.1 Å². The van der Waals surface area contributed by atoms with E-state index in [0.29, 0.717) is 13.2 Å². The Morgan fingerprint density at radius 1 is 0.969 bits per heavy atom. The molecule has 1 aliphatic rings. The second-order valence-corrected chi connectivity index (χ2v) is 8.54. The number of carbonyl (C=O) groups is 1. The van der Waals surface area contributed by atoms with E-state index in [9.17, 15) is 4.79 Å². The summed E-state index contributed by atoms with van der Waals surface area (Å²) in [6, 6.07) is 20.2. The number of piperazine rings is 1. The minimum Gasteiger partial charge on any atom is -0.367 e. The van der Waals surface area contributed by atoms with Crippen molar-refractivity contribution in [3.63, 3.8) is 0 Å². The number of aromatic nitrogens is 2. The zero-order valence-electron chi connectivity index (χ0n) is 18.2. The lowest BCUT2D eigenvalue weighted by atomic mass is 10.1. The molecule has 8 heteroatoms. The number of carbonyl (C=O) groups excluding carboxylic acids is 1. The van der Waals surface area contributed by atoms with Gasteiger partial charge in [0.15, 0.2) is 0 Å². The van der Waals surface area contributed by atoms with E-state index in [-0.39, 0.29) is 12.5 Å². The van der Waals surface area contributed by atoms with Crippen LogP contribution in [0.5, 0.6) is 0 Å². The molecule has 0 atom stereocenters. The molecule has 0 radical (unpaired) electrons. The SMILES string of the molecule is O=C(COCc1ccccc1)NCCN1CCN(c2nc(Cc3ccccc3)ns2)CC1. The summed E-state index contributed by atoms with van der Waals surface area (Å²) in [5.41, 5.74) is 2.30. The lowest BCUT2D eigenvalue weighted by Gasteiger charge is -2.34. The van der Waals surface area contributed by atoms with Crippen LogP contribution in [0.15, 0.2) is 60.7 Å². The minimum absolute atomic E-state index is 0.0700. The number of rotatable bonds is 10. The van der Waals surface area contributed by atoms with Gasteiger partial charge in [-0.2, -0.15) is 4.37 Å². The average molecular weight is 452 g/mol. The van der Waals surface area contributed by atoms with Gasteiger partial charge in [-0.3, -0.25) is 9.69 Å². The highest BCUT2D eigenvalue weighted by Crippen LogP contribution is 2.20. The molecule has 2 aromatic carbocycles. The minimum atomic E-state index is -0.0700. The van der Waals surface area contributed by atoms with Crippen LogP contribution in [0.25, 0.3) is 0 Å². The number of ether oxygens (including phenoxy) is 1. The van der Waals surface area contributed by atoms with Gasteiger partial charge in [0.2, 0.25) is 11.0 Å². The van der Waals surface area contributed by atoms with Crippen molar-refractivity contribution in [2.75, 3.05) is 50.8 Å². The highest BCUT2D eigenvalue weighted by atomic mass is 32.1. The van der Waals surface area contributed by atoms with E-state index in [4.69, 9.17) is 9.72 Å². The third kappa shape index (κ3) is 6.85. The van der Waals surface area contributed by atoms with E-state index in [1.807, 2.05) is 48.5 Å². The number of hydrogen-bond acceptors (Lipinski definition) is 7. The van der Waals surface area contributed by atoms with E-state index >= 15 is 0 Å². The maximum Gasteiger partial charge on any atom is 0.246 e. The maximum atomic E-state index is 12.0. The number of nitrogens with zero attached hydrogens (tertiary/aromatic N) is 4. The normalized spacial score (nSPS) is 14.4. The van der Waals surface area contributed by atoms with Crippen LogP contribution < -0.4 is 10.2 Å². The van der Waals surface area contributed by atoms with E-state index < -0.39 is 0 Å². The van der Waals surface area contributed by atoms with Crippen LogP contribution in [-0.4, -0.2) is 66.0 Å². The first-order chi connectivity index (χ1) is 15.8. The topological polar surface area (TPSA) is 70.6 Å². The van der Waals surface area contributed by atoms with Crippen LogP contribution in [0.2, 0.25) is 0 Å². The van der Waals surface area contributed by atoms with E-state index in [2.05, 4.69) is 31.6 Å². The van der Waals surface area contributed by atoms with Gasteiger partial charge in [0.1, 0.15) is 12.4 Å². The molecule has 168 valence electrons. The highest BCUT2D eigenvalue weighted by molar-refractivity contribution is 7.09. The third-order valence-corrected chi connectivity index (χ3v) is 6.21. The number of benzene rings is 2. The molecule has 7 nitrogen and oxygen atoms in total. The summed E-state index contributed by atoms with van der Waals surface area (Å²) in [5.74, 6) is 0.815. The molecule has 0 aliphatic carbocycles. The van der Waals surface area contributed by atoms with Crippen LogP contribution in [0.3, 0.4) is 0 Å². The molecule has 1 N–H and O–H groups in total. The lowest BCUT2D eigenvalue weighted by molar-refractivity contribution is -0.126. The van der Waals surface area contributed by atoms with Gasteiger partial charge in [-0.1, -0.05) is 60.7 Å². The Morgan fingerprint density at radius 2 is 1.66 bits per heavy atom. The molecule has 1 amide bonds. The predicted octanol–water partition coefficient (Wildman–Crippen LogP) is 2.58. The second-order valence-electron chi connectivity index (χ2n) is 7.81. The predicted molar refractivity (Wildman–Crippen MR) is 127 cm³/mol. The Morgan fingerprint density at radius 3 is 2.38 bits per heavy atom. The quantitative estimate of drug-likeness (QED) is 0.511. The van der Waals surface area contributed by atoms with Crippen molar-refractivity contribution in [2.45, 2.75) is 13.0 Å². The molecule has 1 fully saturated rings. The Labute approximate surface area is 193 Å². The first kappa shape index (κ1) is 22.4. The van der Waals surface area contributed by atoms with Crippen molar-refractivity contribution < 1.29 is 9.53 Å². The Bertz CT molecular complexity index is 959. The van der Waals surface area contributed by atoms with Gasteiger partial charge in [-0.15, -0.1) is 0 Å². The Hall–Kier alpha value is -2.81. The van der Waals surface area contributed by atoms with Gasteiger partial charge >= 0.3 is 0 Å². The van der Waals surface area contributed by atoms with Gasteiger partial charge in [-0.05, 0) is 11.1 Å². The Kier molecular flexibility index (Phi) is 8.19. The van der Waals surface area contributed by atoms with Crippen molar-refractivity contribution in [3.8, 4) is 0 Å². The van der Waals surface area contributed by atoms with Crippen molar-refractivity contribution >= 4 is 22.6 Å². The van der Waals surface area contributed by atoms with Gasteiger partial charge < -0.3 is 15.0 Å². The van der Waals surface area contributed by atoms with Gasteiger partial charge in [-0.25, -0.2) is 4.98 Å². The zero-order chi connectivity index (χ0) is 22.0. The van der Waals surface area contributed by atoms with Crippen LogP contribution in [-0.2, 0) is 22.6 Å². The molecule has 4 rings (SSSR count). The maximum absolute atomic E-state index is 12.0. The molecule has 0 spiro atoms. The summed E-state index contributed by atoms with van der Waals surface area (Å²) in [4.78, 5) is 21.4. The smallest absolute Gasteiger partial charge is 0.246 e. The average Bonchev–Trinajstić information content (AvgIpc) is 3.29. The largest absolute Gasteiger partial charge is 0.367 e. The number of nitrogens with one attached hydrogen (secondary N) is 1. The van der Waals surface area contributed by atoms with Gasteiger partial charge in [0.25, 0.3) is 0 Å². The molecule has 0 bridgehead atoms. The van der Waals surface area contributed by atoms with E-state index in [0.717, 1.165) is 55.7 Å². The molecule has 0 unspecified atom stereocenters. The summed E-state index contributed by atoms with van der Waals surface area (Å²) in [7, 11) is 0. The summed E-state index contributed by atoms with van der Waals surface area (Å²) in [6.45, 7) is 5.77. The molecule has 3 aromatic rings. The van der Waals surface area contributed by atoms with Crippen LogP contribution >= 0.6 is 11.5 Å².